The van der Waals surface area contributed by atoms with Gasteiger partial charge in [-0.05, 0) is 48.2 Å². The second-order valence-corrected chi connectivity index (χ2v) is 5.51. The third-order valence-electron chi connectivity index (χ3n) is 4.13. The van der Waals surface area contributed by atoms with Gasteiger partial charge in [0.15, 0.2) is 5.65 Å². The molecule has 1 N–H and O–H groups in total. The fourth-order valence-electron chi connectivity index (χ4n) is 3.02. The molecule has 108 valence electrons. The summed E-state index contributed by atoms with van der Waals surface area (Å²) in [6, 6.07) is 15.8. The van der Waals surface area contributed by atoms with Gasteiger partial charge in [0.2, 0.25) is 0 Å². The lowest BCUT2D eigenvalue weighted by atomic mass is 10.1. The van der Waals surface area contributed by atoms with Crippen molar-refractivity contribution in [2.75, 3.05) is 0 Å². The molecule has 0 fully saturated rings. The first kappa shape index (κ1) is 13.0. The van der Waals surface area contributed by atoms with Crippen LogP contribution in [0.25, 0.3) is 11.0 Å². The molecule has 1 amide bonds. The van der Waals surface area contributed by atoms with E-state index in [2.05, 4.69) is 27.4 Å². The molecule has 0 bridgehead atoms. The van der Waals surface area contributed by atoms with Gasteiger partial charge in [-0.25, -0.2) is 9.97 Å². The minimum Gasteiger partial charge on any atom is -0.344 e. The van der Waals surface area contributed by atoms with E-state index in [1.54, 1.807) is 12.3 Å². The summed E-state index contributed by atoms with van der Waals surface area (Å²) in [5, 5.41) is 4.02. The maximum absolute atomic E-state index is 12.5. The number of rotatable bonds is 2. The van der Waals surface area contributed by atoms with Gasteiger partial charge < -0.3 is 5.32 Å². The van der Waals surface area contributed by atoms with E-state index in [-0.39, 0.29) is 11.9 Å². The zero-order chi connectivity index (χ0) is 14.9. The van der Waals surface area contributed by atoms with Crippen LogP contribution < -0.4 is 5.32 Å². The molecule has 4 nitrogen and oxygen atoms in total. The van der Waals surface area contributed by atoms with Gasteiger partial charge in [0.25, 0.3) is 5.91 Å². The number of amides is 1. The van der Waals surface area contributed by atoms with E-state index in [1.165, 1.54) is 11.1 Å². The lowest BCUT2D eigenvalue weighted by Gasteiger charge is -2.13. The van der Waals surface area contributed by atoms with Crippen LogP contribution >= 0.6 is 0 Å². The van der Waals surface area contributed by atoms with Crippen molar-refractivity contribution >= 4 is 16.9 Å². The maximum atomic E-state index is 12.5. The Morgan fingerprint density at radius 1 is 1.09 bits per heavy atom. The van der Waals surface area contributed by atoms with Crippen LogP contribution in [0, 0.1) is 0 Å². The summed E-state index contributed by atoms with van der Waals surface area (Å²) in [5.74, 6) is -0.144. The van der Waals surface area contributed by atoms with Crippen molar-refractivity contribution in [1.82, 2.24) is 15.3 Å². The normalized spacial score (nSPS) is 16.5. The summed E-state index contributed by atoms with van der Waals surface area (Å²) in [5.41, 5.74) is 3.55. The lowest BCUT2D eigenvalue weighted by Crippen LogP contribution is -2.27. The topological polar surface area (TPSA) is 54.9 Å². The average Bonchev–Trinajstić information content (AvgIpc) is 2.97. The molecule has 4 heteroatoms. The number of nitrogens with zero attached hydrogens (tertiary/aromatic N) is 2. The monoisotopic (exact) mass is 289 g/mol. The molecule has 1 unspecified atom stereocenters. The molecule has 1 aliphatic rings. The number of carbonyl (C=O) groups is 1. The Hall–Kier alpha value is -2.75. The molecule has 1 aliphatic carbocycles. The summed E-state index contributed by atoms with van der Waals surface area (Å²) in [7, 11) is 0. The van der Waals surface area contributed by atoms with Crippen molar-refractivity contribution in [2.45, 2.75) is 18.9 Å². The smallest absolute Gasteiger partial charge is 0.270 e. The molecule has 4 rings (SSSR count). The Labute approximate surface area is 128 Å². The summed E-state index contributed by atoms with van der Waals surface area (Å²) in [4.78, 5) is 21.0. The summed E-state index contributed by atoms with van der Waals surface area (Å²) in [6.07, 6.45) is 3.63. The quantitative estimate of drug-likeness (QED) is 0.789. The van der Waals surface area contributed by atoms with Crippen molar-refractivity contribution in [1.29, 1.82) is 0 Å². The van der Waals surface area contributed by atoms with E-state index in [9.17, 15) is 4.79 Å². The fraction of sp³-hybridized carbons (Fsp3) is 0.167. The Kier molecular flexibility index (Phi) is 3.07. The number of fused-ring (bicyclic) bond motifs is 2. The minimum absolute atomic E-state index is 0.0740. The summed E-state index contributed by atoms with van der Waals surface area (Å²) < 4.78 is 0. The van der Waals surface area contributed by atoms with Crippen molar-refractivity contribution in [2.24, 2.45) is 0 Å². The second kappa shape index (κ2) is 5.22. The molecule has 1 atom stereocenters. The van der Waals surface area contributed by atoms with Crippen LogP contribution in [0.4, 0.5) is 0 Å². The highest BCUT2D eigenvalue weighted by molar-refractivity contribution is 5.94. The van der Waals surface area contributed by atoms with E-state index in [1.807, 2.05) is 30.3 Å². The number of benzene rings is 1. The van der Waals surface area contributed by atoms with E-state index in [4.69, 9.17) is 0 Å². The lowest BCUT2D eigenvalue weighted by molar-refractivity contribution is 0.0932. The first-order valence-corrected chi connectivity index (χ1v) is 7.42. The van der Waals surface area contributed by atoms with Gasteiger partial charge in [0, 0.05) is 11.6 Å². The number of aryl methyl sites for hydroxylation is 1. The Morgan fingerprint density at radius 2 is 2.00 bits per heavy atom. The first-order chi connectivity index (χ1) is 10.8. The molecular formula is C18H15N3O. The Bertz CT molecular complexity index is 860. The van der Waals surface area contributed by atoms with Crippen LogP contribution in [0.2, 0.25) is 0 Å². The predicted molar refractivity (Wildman–Crippen MR) is 84.5 cm³/mol. The van der Waals surface area contributed by atoms with E-state index < -0.39 is 0 Å². The molecule has 0 saturated heterocycles. The molecule has 2 aromatic heterocycles. The van der Waals surface area contributed by atoms with Crippen molar-refractivity contribution < 1.29 is 4.79 Å². The van der Waals surface area contributed by atoms with Crippen LogP contribution in [-0.4, -0.2) is 15.9 Å². The van der Waals surface area contributed by atoms with E-state index in [0.717, 1.165) is 18.2 Å². The molecule has 0 spiro atoms. The highest BCUT2D eigenvalue weighted by Crippen LogP contribution is 2.30. The van der Waals surface area contributed by atoms with Crippen LogP contribution in [0.3, 0.4) is 0 Å². The zero-order valence-electron chi connectivity index (χ0n) is 12.0. The number of pyridine rings is 2. The maximum Gasteiger partial charge on any atom is 0.270 e. The molecule has 0 saturated carbocycles. The number of carbonyl (C=O) groups excluding carboxylic acids is 1. The number of aromatic nitrogens is 2. The molecular weight excluding hydrogens is 274 g/mol. The molecule has 3 aromatic rings. The largest absolute Gasteiger partial charge is 0.344 e. The van der Waals surface area contributed by atoms with Crippen LogP contribution in [0.1, 0.15) is 34.1 Å². The number of nitrogens with one attached hydrogen (secondary N) is 1. The third kappa shape index (κ3) is 2.22. The number of hydrogen-bond acceptors (Lipinski definition) is 3. The van der Waals surface area contributed by atoms with Crippen molar-refractivity contribution in [3.63, 3.8) is 0 Å². The molecule has 0 radical (unpaired) electrons. The molecule has 1 aromatic carbocycles. The minimum atomic E-state index is -0.144. The summed E-state index contributed by atoms with van der Waals surface area (Å²) in [6.45, 7) is 0. The van der Waals surface area contributed by atoms with Crippen molar-refractivity contribution in [3.05, 3.63) is 71.5 Å². The highest BCUT2D eigenvalue weighted by Gasteiger charge is 2.24. The Balaban J connectivity index is 1.59. The van der Waals surface area contributed by atoms with Gasteiger partial charge in [-0.3, -0.25) is 4.79 Å². The summed E-state index contributed by atoms with van der Waals surface area (Å²) >= 11 is 0. The number of hydrogen-bond donors (Lipinski definition) is 1. The van der Waals surface area contributed by atoms with Gasteiger partial charge in [-0.2, -0.15) is 0 Å². The van der Waals surface area contributed by atoms with Gasteiger partial charge in [0.1, 0.15) is 5.69 Å². The van der Waals surface area contributed by atoms with E-state index in [0.29, 0.717) is 11.3 Å². The van der Waals surface area contributed by atoms with Crippen LogP contribution in [0.15, 0.2) is 54.7 Å². The van der Waals surface area contributed by atoms with Gasteiger partial charge in [0.05, 0.1) is 6.04 Å². The Morgan fingerprint density at radius 3 is 2.95 bits per heavy atom. The van der Waals surface area contributed by atoms with Crippen LogP contribution in [-0.2, 0) is 6.42 Å². The third-order valence-corrected chi connectivity index (χ3v) is 4.13. The van der Waals surface area contributed by atoms with E-state index >= 15 is 0 Å². The predicted octanol–water partition coefficient (Wildman–Crippen LogP) is 3.05. The molecule has 2 heterocycles. The fourth-order valence-corrected chi connectivity index (χ4v) is 3.02. The average molecular weight is 289 g/mol. The first-order valence-electron chi connectivity index (χ1n) is 7.42. The van der Waals surface area contributed by atoms with Crippen LogP contribution in [0.5, 0.6) is 0 Å². The molecule has 22 heavy (non-hydrogen) atoms. The zero-order valence-corrected chi connectivity index (χ0v) is 12.0. The SMILES string of the molecule is O=C(NC1CCc2ccccc21)c1ccc2cccnc2n1. The van der Waals surface area contributed by atoms with Gasteiger partial charge >= 0.3 is 0 Å². The van der Waals surface area contributed by atoms with Gasteiger partial charge in [-0.15, -0.1) is 0 Å². The van der Waals surface area contributed by atoms with Crippen molar-refractivity contribution in [3.8, 4) is 0 Å². The standard InChI is InChI=1S/C18H15N3O/c22-18(16-10-8-13-5-3-11-19-17(13)20-16)21-15-9-7-12-4-1-2-6-14(12)15/h1-6,8,10-11,15H,7,9H2,(H,21,22). The second-order valence-electron chi connectivity index (χ2n) is 5.51. The molecule has 0 aliphatic heterocycles. The van der Waals surface area contributed by atoms with Gasteiger partial charge in [-0.1, -0.05) is 24.3 Å². The highest BCUT2D eigenvalue weighted by atomic mass is 16.1.